The van der Waals surface area contributed by atoms with Crippen molar-refractivity contribution >= 4 is 38.3 Å². The lowest BCUT2D eigenvalue weighted by Crippen LogP contribution is -2.45. The minimum absolute atomic E-state index is 0.154. The highest BCUT2D eigenvalue weighted by Crippen LogP contribution is 2.39. The Morgan fingerprint density at radius 2 is 1.71 bits per heavy atom. The normalized spacial score (nSPS) is 15.3. The summed E-state index contributed by atoms with van der Waals surface area (Å²) in [6, 6.07) is 23.3. The monoisotopic (exact) mass is 430 g/mol. The predicted octanol–water partition coefficient (Wildman–Crippen LogP) is 5.92. The lowest BCUT2D eigenvalue weighted by atomic mass is 10.0. The van der Waals surface area contributed by atoms with Crippen LogP contribution in [0.25, 0.3) is 10.2 Å². The number of anilines is 2. The van der Waals surface area contributed by atoms with Crippen LogP contribution in [0, 0.1) is 0 Å². The molecule has 31 heavy (non-hydrogen) atoms. The van der Waals surface area contributed by atoms with Crippen molar-refractivity contribution in [3.63, 3.8) is 0 Å². The molecule has 0 radical (unpaired) electrons. The molecule has 0 saturated carbocycles. The van der Waals surface area contributed by atoms with E-state index in [-0.39, 0.29) is 18.4 Å². The van der Waals surface area contributed by atoms with Crippen molar-refractivity contribution in [2.75, 3.05) is 11.5 Å². The van der Waals surface area contributed by atoms with E-state index in [1.807, 2.05) is 66.7 Å². The Balaban J connectivity index is 1.60. The highest BCUT2D eigenvalue weighted by Gasteiger charge is 2.35. The van der Waals surface area contributed by atoms with E-state index in [2.05, 4.69) is 19.9 Å². The number of amides is 1. The van der Waals surface area contributed by atoms with Crippen LogP contribution in [-0.4, -0.2) is 23.6 Å². The third kappa shape index (κ3) is 3.64. The van der Waals surface area contributed by atoms with Gasteiger partial charge in [-0.05, 0) is 41.8 Å². The Morgan fingerprint density at radius 1 is 1.00 bits per heavy atom. The molecule has 6 heteroatoms. The maximum absolute atomic E-state index is 13.8. The molecule has 1 aliphatic heterocycles. The number of aromatic nitrogens is 1. The molecular formula is C25H22N2O3S. The van der Waals surface area contributed by atoms with Gasteiger partial charge in [-0.15, -0.1) is 0 Å². The molecule has 2 heterocycles. The number of carbonyl (C=O) groups is 1. The van der Waals surface area contributed by atoms with Crippen LogP contribution in [0.15, 0.2) is 72.8 Å². The van der Waals surface area contributed by atoms with Gasteiger partial charge in [-0.2, -0.15) is 0 Å². The number of nitrogens with zero attached hydrogens (tertiary/aromatic N) is 2. The number of carbonyl (C=O) groups excluding carboxylic acids is 1. The average Bonchev–Trinajstić information content (AvgIpc) is 3.22. The number of hydrogen-bond acceptors (Lipinski definition) is 5. The first-order valence-corrected chi connectivity index (χ1v) is 11.1. The molecule has 5 rings (SSSR count). The van der Waals surface area contributed by atoms with E-state index in [1.165, 1.54) is 11.3 Å². The van der Waals surface area contributed by atoms with E-state index in [0.717, 1.165) is 21.5 Å². The Kier molecular flexibility index (Phi) is 5.08. The highest BCUT2D eigenvalue weighted by atomic mass is 32.1. The molecule has 0 fully saturated rings. The van der Waals surface area contributed by atoms with Gasteiger partial charge in [0.15, 0.2) is 16.6 Å². The van der Waals surface area contributed by atoms with Gasteiger partial charge in [0.25, 0.3) is 5.91 Å². The molecule has 0 N–H and O–H groups in total. The molecule has 0 aliphatic carbocycles. The van der Waals surface area contributed by atoms with Crippen LogP contribution in [0.5, 0.6) is 11.5 Å². The van der Waals surface area contributed by atoms with E-state index in [0.29, 0.717) is 16.6 Å². The molecular weight excluding hydrogens is 408 g/mol. The Morgan fingerprint density at radius 3 is 2.52 bits per heavy atom. The first-order valence-electron chi connectivity index (χ1n) is 10.3. The van der Waals surface area contributed by atoms with Gasteiger partial charge in [-0.3, -0.25) is 9.69 Å². The quantitative estimate of drug-likeness (QED) is 0.403. The van der Waals surface area contributed by atoms with Crippen LogP contribution in [-0.2, 0) is 4.79 Å². The molecule has 0 bridgehead atoms. The van der Waals surface area contributed by atoms with Crippen LogP contribution in [0.3, 0.4) is 0 Å². The molecule has 1 atom stereocenters. The molecule has 1 amide bonds. The maximum atomic E-state index is 13.8. The summed E-state index contributed by atoms with van der Waals surface area (Å²) >= 11 is 1.50. The molecule has 156 valence electrons. The van der Waals surface area contributed by atoms with Crippen molar-refractivity contribution in [3.05, 3.63) is 78.4 Å². The van der Waals surface area contributed by atoms with E-state index in [9.17, 15) is 4.79 Å². The van der Waals surface area contributed by atoms with Gasteiger partial charge in [0.2, 0.25) is 6.10 Å². The molecule has 0 saturated heterocycles. The zero-order valence-corrected chi connectivity index (χ0v) is 18.1. The summed E-state index contributed by atoms with van der Waals surface area (Å²) < 4.78 is 12.9. The third-order valence-electron chi connectivity index (χ3n) is 5.28. The fourth-order valence-corrected chi connectivity index (χ4v) is 4.72. The number of para-hydroxylation sites is 4. The predicted molar refractivity (Wildman–Crippen MR) is 124 cm³/mol. The minimum atomic E-state index is -0.762. The van der Waals surface area contributed by atoms with Crippen LogP contribution < -0.4 is 14.4 Å². The summed E-state index contributed by atoms with van der Waals surface area (Å²) in [5.74, 6) is 1.28. The van der Waals surface area contributed by atoms with Crippen molar-refractivity contribution in [2.45, 2.75) is 25.9 Å². The van der Waals surface area contributed by atoms with Crippen molar-refractivity contribution in [1.82, 2.24) is 4.98 Å². The van der Waals surface area contributed by atoms with Crippen LogP contribution >= 0.6 is 11.3 Å². The molecule has 4 aromatic rings. The van der Waals surface area contributed by atoms with Crippen LogP contribution in [0.1, 0.15) is 25.3 Å². The second-order valence-corrected chi connectivity index (χ2v) is 8.72. The molecule has 3 aromatic carbocycles. The maximum Gasteiger partial charge on any atom is 0.278 e. The topological polar surface area (TPSA) is 51.7 Å². The second kappa shape index (κ2) is 8.04. The molecule has 1 aromatic heterocycles. The van der Waals surface area contributed by atoms with E-state index in [4.69, 9.17) is 14.5 Å². The van der Waals surface area contributed by atoms with Gasteiger partial charge in [-0.25, -0.2) is 4.98 Å². The number of ether oxygens (including phenoxy) is 2. The Bertz CT molecular complexity index is 1220. The number of rotatable bonds is 4. The molecule has 1 aliphatic rings. The van der Waals surface area contributed by atoms with Crippen LogP contribution in [0.2, 0.25) is 0 Å². The number of thiazole rings is 1. The largest absolute Gasteiger partial charge is 0.485 e. The summed E-state index contributed by atoms with van der Waals surface area (Å²) in [4.78, 5) is 20.3. The zero-order chi connectivity index (χ0) is 21.4. The molecule has 5 nitrogen and oxygen atoms in total. The highest BCUT2D eigenvalue weighted by molar-refractivity contribution is 7.22. The van der Waals surface area contributed by atoms with Gasteiger partial charge in [0.05, 0.1) is 15.9 Å². The average molecular weight is 431 g/mol. The van der Waals surface area contributed by atoms with Gasteiger partial charge in [0.1, 0.15) is 6.61 Å². The summed E-state index contributed by atoms with van der Waals surface area (Å²) in [7, 11) is 0. The first kappa shape index (κ1) is 19.6. The number of benzene rings is 3. The summed E-state index contributed by atoms with van der Waals surface area (Å²) in [5, 5.41) is 0.627. The fraction of sp³-hybridized carbons (Fsp3) is 0.200. The molecule has 1 unspecified atom stereocenters. The number of fused-ring (bicyclic) bond motifs is 2. The summed E-state index contributed by atoms with van der Waals surface area (Å²) in [6.45, 7) is 4.40. The third-order valence-corrected chi connectivity index (χ3v) is 6.30. The van der Waals surface area contributed by atoms with Gasteiger partial charge in [-0.1, -0.05) is 67.6 Å². The lowest BCUT2D eigenvalue weighted by molar-refractivity contribution is -0.126. The van der Waals surface area contributed by atoms with Crippen molar-refractivity contribution in [2.24, 2.45) is 0 Å². The summed E-state index contributed by atoms with van der Waals surface area (Å²) in [5.41, 5.74) is 2.77. The Labute approximate surface area is 184 Å². The van der Waals surface area contributed by atoms with Gasteiger partial charge < -0.3 is 9.47 Å². The minimum Gasteiger partial charge on any atom is -0.485 e. The van der Waals surface area contributed by atoms with Crippen molar-refractivity contribution in [1.29, 1.82) is 0 Å². The fourth-order valence-electron chi connectivity index (χ4n) is 3.74. The van der Waals surface area contributed by atoms with Gasteiger partial charge in [0, 0.05) is 0 Å². The van der Waals surface area contributed by atoms with E-state index < -0.39 is 6.10 Å². The SMILES string of the molecule is CC(C)c1ccccc1N(C(=O)C1COc2ccccc2O1)c1nc2ccccc2s1. The van der Waals surface area contributed by atoms with E-state index in [1.54, 1.807) is 4.90 Å². The summed E-state index contributed by atoms with van der Waals surface area (Å²) in [6.07, 6.45) is -0.762. The number of hydrogen-bond donors (Lipinski definition) is 0. The standard InChI is InChI=1S/C25H22N2O3S/c1-16(2)17-9-3-5-11-19(17)27(25-26-18-10-4-8-14-23(18)31-25)24(28)22-15-29-20-12-6-7-13-21(20)30-22/h3-14,16,22H,15H2,1-2H3. The van der Waals surface area contributed by atoms with Gasteiger partial charge >= 0.3 is 0 Å². The first-order chi connectivity index (χ1) is 15.1. The Hall–Kier alpha value is -3.38. The van der Waals surface area contributed by atoms with Crippen LogP contribution in [0.4, 0.5) is 10.8 Å². The lowest BCUT2D eigenvalue weighted by Gasteiger charge is -2.31. The smallest absolute Gasteiger partial charge is 0.278 e. The van der Waals surface area contributed by atoms with Crippen molar-refractivity contribution in [3.8, 4) is 11.5 Å². The zero-order valence-electron chi connectivity index (χ0n) is 17.3. The second-order valence-electron chi connectivity index (χ2n) is 7.72. The molecule has 0 spiro atoms. The van der Waals surface area contributed by atoms with E-state index >= 15 is 0 Å². The van der Waals surface area contributed by atoms with Crippen molar-refractivity contribution < 1.29 is 14.3 Å².